The van der Waals surface area contributed by atoms with E-state index in [9.17, 15) is 4.79 Å². The number of nitrogens with zero attached hydrogens (tertiary/aromatic N) is 1. The lowest BCUT2D eigenvalue weighted by molar-refractivity contribution is -0.130. The first-order valence-electron chi connectivity index (χ1n) is 17.0. The van der Waals surface area contributed by atoms with Gasteiger partial charge in [-0.2, -0.15) is 0 Å². The van der Waals surface area contributed by atoms with Crippen LogP contribution in [0.15, 0.2) is 127 Å². The van der Waals surface area contributed by atoms with Crippen LogP contribution in [0.3, 0.4) is 0 Å². The zero-order chi connectivity index (χ0) is 36.4. The van der Waals surface area contributed by atoms with E-state index in [4.69, 9.17) is 14.2 Å². The van der Waals surface area contributed by atoms with Crippen LogP contribution < -0.4 is 19.1 Å². The van der Waals surface area contributed by atoms with Gasteiger partial charge >= 0.3 is 0 Å². The molecule has 8 rings (SSSR count). The summed E-state index contributed by atoms with van der Waals surface area (Å²) in [6, 6.07) is 38.3. The van der Waals surface area contributed by atoms with Crippen molar-refractivity contribution in [3.05, 3.63) is 155 Å². The normalized spacial score (nSPS) is 23.2. The lowest BCUT2D eigenvalue weighted by atomic mass is 9.59. The van der Waals surface area contributed by atoms with Crippen LogP contribution >= 0.6 is 0 Å². The summed E-state index contributed by atoms with van der Waals surface area (Å²) in [6.07, 6.45) is 0. The van der Waals surface area contributed by atoms with Crippen LogP contribution in [0.5, 0.6) is 17.2 Å². The quantitative estimate of drug-likeness (QED) is 0.120. The largest absolute Gasteiger partial charge is 0.497 e. The minimum absolute atomic E-state index is 0.162. The van der Waals surface area contributed by atoms with E-state index >= 15 is 14.4 Å². The number of allylic oxidation sites excluding steroid dienone is 2. The van der Waals surface area contributed by atoms with Gasteiger partial charge in [-0.25, -0.2) is 4.90 Å². The summed E-state index contributed by atoms with van der Waals surface area (Å²) >= 11 is 0. The number of benzene rings is 5. The fourth-order valence-electron chi connectivity index (χ4n) is 8.96. The van der Waals surface area contributed by atoms with Crippen LogP contribution in [0, 0.1) is 11.8 Å². The minimum Gasteiger partial charge on any atom is -0.497 e. The van der Waals surface area contributed by atoms with E-state index < -0.39 is 34.5 Å². The second kappa shape index (κ2) is 12.2. The van der Waals surface area contributed by atoms with E-state index in [0.717, 1.165) is 16.0 Å². The summed E-state index contributed by atoms with van der Waals surface area (Å²) in [4.78, 5) is 60.7. The number of ether oxygens (including phenoxy) is 3. The Morgan fingerprint density at radius 3 is 1.40 bits per heavy atom. The van der Waals surface area contributed by atoms with Gasteiger partial charge in [0, 0.05) is 5.56 Å². The molecule has 0 spiro atoms. The molecule has 1 saturated heterocycles. The highest BCUT2D eigenvalue weighted by Gasteiger charge is 2.82. The summed E-state index contributed by atoms with van der Waals surface area (Å²) in [5, 5.41) is 0. The van der Waals surface area contributed by atoms with E-state index in [-0.39, 0.29) is 23.0 Å². The fraction of sp³-hybridized carbons (Fsp3) is 0.182. The third kappa shape index (κ3) is 4.27. The van der Waals surface area contributed by atoms with Crippen LogP contribution in [-0.2, 0) is 25.2 Å². The maximum Gasteiger partial charge on any atom is 0.239 e. The Bertz CT molecular complexity index is 2170. The molecule has 258 valence electrons. The second-order valence-electron chi connectivity index (χ2n) is 13.3. The highest BCUT2D eigenvalue weighted by atomic mass is 16.5. The Morgan fingerprint density at radius 1 is 0.577 bits per heavy atom. The third-order valence-corrected chi connectivity index (χ3v) is 11.0. The Labute approximate surface area is 301 Å². The summed E-state index contributed by atoms with van der Waals surface area (Å²) in [6.45, 7) is 1.42. The van der Waals surface area contributed by atoms with Crippen molar-refractivity contribution in [1.29, 1.82) is 0 Å². The first kappa shape index (κ1) is 32.9. The Morgan fingerprint density at radius 2 is 1.02 bits per heavy atom. The molecule has 1 aliphatic heterocycles. The SMILES string of the molecule is COc1ccc(C2=C(c3ccc(OC)cc3)[C@@]3(c4ccccc4)C(=O)[C@@]2(c2ccccc2)[C@H]2C(=O)N(c4cc(C(C)=O)ccc4OC)C(=O)[C@@H]23)cc1. The standard InChI is InChI=1S/C44H35NO7/c1-26(46)29-19-24-35(52-4)34(25-29)45-40(47)38-39(41(45)48)44(31-13-9-6-10-14-31)37(28-17-22-33(51-3)23-18-28)36(27-15-20-32(50-2)21-16-27)43(38,42(44)49)30-11-7-5-8-12-30/h5-25,38-39H,1-4H3/t38-,39-,43-,44-/m1/s1. The van der Waals surface area contributed by atoms with Crippen molar-refractivity contribution < 1.29 is 33.4 Å². The van der Waals surface area contributed by atoms with Gasteiger partial charge in [0.05, 0.1) is 49.7 Å². The number of hydrogen-bond acceptors (Lipinski definition) is 7. The van der Waals surface area contributed by atoms with Crippen LogP contribution in [0.1, 0.15) is 39.5 Å². The number of ketones is 2. The van der Waals surface area contributed by atoms with Crippen molar-refractivity contribution >= 4 is 40.2 Å². The highest BCUT2D eigenvalue weighted by molar-refractivity contribution is 6.39. The topological polar surface area (TPSA) is 99.2 Å². The molecule has 4 atom stereocenters. The van der Waals surface area contributed by atoms with E-state index in [2.05, 4.69) is 0 Å². The molecule has 2 fully saturated rings. The van der Waals surface area contributed by atoms with E-state index in [1.807, 2.05) is 109 Å². The Balaban J connectivity index is 1.53. The van der Waals surface area contributed by atoms with Crippen LogP contribution in [0.25, 0.3) is 11.1 Å². The van der Waals surface area contributed by atoms with Gasteiger partial charge in [0.1, 0.15) is 17.2 Å². The predicted molar refractivity (Wildman–Crippen MR) is 197 cm³/mol. The Kier molecular flexibility index (Phi) is 7.72. The van der Waals surface area contributed by atoms with Crippen molar-refractivity contribution in [2.45, 2.75) is 17.8 Å². The van der Waals surface area contributed by atoms with Gasteiger partial charge in [-0.15, -0.1) is 0 Å². The van der Waals surface area contributed by atoms with Crippen LogP contribution in [0.2, 0.25) is 0 Å². The number of imide groups is 1. The number of methoxy groups -OCH3 is 3. The van der Waals surface area contributed by atoms with Crippen molar-refractivity contribution in [3.8, 4) is 17.2 Å². The molecule has 3 aliphatic rings. The number of Topliss-reactive ketones (excluding diaryl/α,β-unsaturated/α-hetero) is 2. The minimum atomic E-state index is -1.60. The smallest absolute Gasteiger partial charge is 0.239 e. The molecule has 8 heteroatoms. The van der Waals surface area contributed by atoms with Crippen molar-refractivity contribution in [2.24, 2.45) is 11.8 Å². The van der Waals surface area contributed by atoms with Gasteiger partial charge in [-0.05, 0) is 82.8 Å². The molecular formula is C44H35NO7. The van der Waals surface area contributed by atoms with E-state index in [1.165, 1.54) is 20.1 Å². The van der Waals surface area contributed by atoms with Crippen molar-refractivity contribution in [3.63, 3.8) is 0 Å². The molecule has 2 aliphatic carbocycles. The predicted octanol–water partition coefficient (Wildman–Crippen LogP) is 7.10. The number of amides is 2. The third-order valence-electron chi connectivity index (χ3n) is 11.0. The summed E-state index contributed by atoms with van der Waals surface area (Å²) in [7, 11) is 4.63. The highest BCUT2D eigenvalue weighted by Crippen LogP contribution is 2.74. The van der Waals surface area contributed by atoms with Gasteiger partial charge in [0.2, 0.25) is 11.8 Å². The first-order valence-corrected chi connectivity index (χ1v) is 17.0. The van der Waals surface area contributed by atoms with Gasteiger partial charge in [0.15, 0.2) is 11.6 Å². The zero-order valence-corrected chi connectivity index (χ0v) is 29.1. The van der Waals surface area contributed by atoms with Crippen molar-refractivity contribution in [1.82, 2.24) is 0 Å². The molecule has 5 aromatic carbocycles. The number of rotatable bonds is 9. The average Bonchev–Trinajstić information content (AvgIpc) is 3.70. The van der Waals surface area contributed by atoms with E-state index in [0.29, 0.717) is 39.3 Å². The van der Waals surface area contributed by atoms with Gasteiger partial charge < -0.3 is 14.2 Å². The van der Waals surface area contributed by atoms with Crippen molar-refractivity contribution in [2.75, 3.05) is 26.2 Å². The second-order valence-corrected chi connectivity index (χ2v) is 13.3. The zero-order valence-electron chi connectivity index (χ0n) is 29.1. The molecule has 2 bridgehead atoms. The summed E-state index contributed by atoms with van der Waals surface area (Å²) in [5.74, 6) is -2.31. The molecule has 0 unspecified atom stereocenters. The maximum absolute atomic E-state index is 16.2. The maximum atomic E-state index is 16.2. The first-order chi connectivity index (χ1) is 25.2. The molecule has 0 aromatic heterocycles. The summed E-state index contributed by atoms with van der Waals surface area (Å²) < 4.78 is 16.7. The van der Waals surface area contributed by atoms with Crippen LogP contribution in [-0.4, -0.2) is 44.7 Å². The summed E-state index contributed by atoms with van der Waals surface area (Å²) in [5.41, 5.74) is 1.22. The molecule has 0 N–H and O–H groups in total. The molecule has 1 heterocycles. The lowest BCUT2D eigenvalue weighted by Crippen LogP contribution is -2.45. The molecular weight excluding hydrogens is 654 g/mol. The molecule has 2 amide bonds. The monoisotopic (exact) mass is 689 g/mol. The number of anilines is 1. The number of carbonyl (C=O) groups excluding carboxylic acids is 4. The average molecular weight is 690 g/mol. The molecule has 8 nitrogen and oxygen atoms in total. The van der Waals surface area contributed by atoms with Crippen LogP contribution in [0.4, 0.5) is 5.69 Å². The van der Waals surface area contributed by atoms with Gasteiger partial charge in [0.25, 0.3) is 0 Å². The Hall–Kier alpha value is -6.28. The molecule has 1 saturated carbocycles. The number of fused-ring (bicyclic) bond motifs is 5. The molecule has 0 radical (unpaired) electrons. The van der Waals surface area contributed by atoms with E-state index in [1.54, 1.807) is 26.4 Å². The lowest BCUT2D eigenvalue weighted by Gasteiger charge is -2.39. The number of hydrogen-bond donors (Lipinski definition) is 0. The fourth-order valence-corrected chi connectivity index (χ4v) is 8.96. The van der Waals surface area contributed by atoms with Gasteiger partial charge in [-0.1, -0.05) is 84.9 Å². The van der Waals surface area contributed by atoms with Gasteiger partial charge in [-0.3, -0.25) is 19.2 Å². The number of carbonyl (C=O) groups is 4. The molecule has 5 aromatic rings. The molecule has 52 heavy (non-hydrogen) atoms.